The van der Waals surface area contributed by atoms with E-state index in [2.05, 4.69) is 0 Å². The third-order valence-electron chi connectivity index (χ3n) is 8.17. The van der Waals surface area contributed by atoms with Gasteiger partial charge in [0.2, 0.25) is 11.6 Å². The van der Waals surface area contributed by atoms with Gasteiger partial charge in [0.15, 0.2) is 0 Å². The second-order valence-corrected chi connectivity index (χ2v) is 9.74. The number of halogens is 1. The molecule has 146 valence electrons. The van der Waals surface area contributed by atoms with E-state index in [1.807, 2.05) is 0 Å². The largest absolute Gasteiger partial charge is 0.385 e. The minimum absolute atomic E-state index is 0.283. The van der Waals surface area contributed by atoms with Gasteiger partial charge in [-0.05, 0) is 74.5 Å². The predicted octanol–water partition coefficient (Wildman–Crippen LogP) is 4.41. The third kappa shape index (κ3) is 2.41. The zero-order valence-electron chi connectivity index (χ0n) is 15.5. The fourth-order valence-corrected chi connectivity index (χ4v) is 6.89. The zero-order chi connectivity index (χ0) is 18.3. The molecule has 6 fully saturated rings. The maximum absolute atomic E-state index is 13.2. The van der Waals surface area contributed by atoms with Crippen LogP contribution in [0.15, 0.2) is 24.3 Å². The molecule has 27 heavy (non-hydrogen) atoms. The van der Waals surface area contributed by atoms with Crippen molar-refractivity contribution in [3.05, 3.63) is 35.6 Å². The van der Waals surface area contributed by atoms with Gasteiger partial charge < -0.3 is 9.84 Å². The second kappa shape index (κ2) is 5.53. The number of ether oxygens (including phenoxy) is 1. The van der Waals surface area contributed by atoms with E-state index in [1.54, 1.807) is 12.1 Å². The summed E-state index contributed by atoms with van der Waals surface area (Å²) in [6.45, 7) is 0. The summed E-state index contributed by atoms with van der Waals surface area (Å²) >= 11 is 0. The highest BCUT2D eigenvalue weighted by atomic mass is 19.1. The molecule has 5 heteroatoms. The second-order valence-electron chi connectivity index (χ2n) is 9.74. The maximum Gasteiger partial charge on any atom is 0.210 e. The fraction of sp³-hybridized carbons (Fsp3) is 0.727. The summed E-state index contributed by atoms with van der Waals surface area (Å²) in [4.78, 5) is 12.0. The number of aliphatic hydroxyl groups is 1. The van der Waals surface area contributed by atoms with Gasteiger partial charge in [-0.3, -0.25) is 0 Å². The molecule has 2 spiro atoms. The molecular weight excluding hydrogens is 347 g/mol. The van der Waals surface area contributed by atoms with Crippen molar-refractivity contribution >= 4 is 0 Å². The van der Waals surface area contributed by atoms with Crippen LogP contribution >= 0.6 is 0 Å². The Kier molecular flexibility index (Phi) is 3.46. The highest BCUT2D eigenvalue weighted by Gasteiger charge is 2.67. The van der Waals surface area contributed by atoms with E-state index in [-0.39, 0.29) is 5.82 Å². The van der Waals surface area contributed by atoms with Gasteiger partial charge in [-0.1, -0.05) is 12.1 Å². The SMILES string of the molecule is OC1(c2ccc(F)cc2)CCC2(CC1)OOC1(O2)C2CC3CC(C2)CC1C3. The minimum atomic E-state index is -0.953. The molecule has 0 radical (unpaired) electrons. The highest BCUT2D eigenvalue weighted by molar-refractivity contribution is 5.24. The van der Waals surface area contributed by atoms with E-state index in [9.17, 15) is 9.50 Å². The molecule has 1 N–H and O–H groups in total. The zero-order valence-corrected chi connectivity index (χ0v) is 15.5. The average molecular weight is 374 g/mol. The minimum Gasteiger partial charge on any atom is -0.385 e. The Morgan fingerprint density at radius 3 is 2.00 bits per heavy atom. The molecule has 0 amide bonds. The van der Waals surface area contributed by atoms with Crippen LogP contribution in [0, 0.1) is 29.5 Å². The molecule has 4 nitrogen and oxygen atoms in total. The van der Waals surface area contributed by atoms with Gasteiger partial charge in [0.05, 0.1) is 5.60 Å². The summed E-state index contributed by atoms with van der Waals surface area (Å²) in [5, 5.41) is 11.1. The summed E-state index contributed by atoms with van der Waals surface area (Å²) in [5.41, 5.74) is -0.187. The van der Waals surface area contributed by atoms with E-state index in [0.29, 0.717) is 37.5 Å². The van der Waals surface area contributed by atoms with E-state index < -0.39 is 17.2 Å². The summed E-state index contributed by atoms with van der Waals surface area (Å²) < 4.78 is 19.9. The monoisotopic (exact) mass is 374 g/mol. The number of hydrogen-bond acceptors (Lipinski definition) is 4. The highest BCUT2D eigenvalue weighted by Crippen LogP contribution is 2.64. The predicted molar refractivity (Wildman–Crippen MR) is 94.5 cm³/mol. The first-order valence-corrected chi connectivity index (χ1v) is 10.5. The molecule has 0 aromatic heterocycles. The fourth-order valence-electron chi connectivity index (χ4n) is 6.89. The van der Waals surface area contributed by atoms with Crippen molar-refractivity contribution in [3.8, 4) is 0 Å². The van der Waals surface area contributed by atoms with Crippen LogP contribution in [0.5, 0.6) is 0 Å². The third-order valence-corrected chi connectivity index (χ3v) is 8.17. The first-order chi connectivity index (χ1) is 13.0. The van der Waals surface area contributed by atoms with Gasteiger partial charge in [0, 0.05) is 24.7 Å². The lowest BCUT2D eigenvalue weighted by molar-refractivity contribution is -0.391. The van der Waals surface area contributed by atoms with Crippen LogP contribution in [-0.2, 0) is 20.1 Å². The molecule has 4 bridgehead atoms. The Morgan fingerprint density at radius 1 is 0.815 bits per heavy atom. The molecule has 5 saturated carbocycles. The lowest BCUT2D eigenvalue weighted by Crippen LogP contribution is -2.59. The molecule has 1 aromatic rings. The molecule has 0 atom stereocenters. The molecular formula is C22H27FO4. The van der Waals surface area contributed by atoms with Crippen molar-refractivity contribution in [2.45, 2.75) is 75.0 Å². The average Bonchev–Trinajstić information content (AvgIpc) is 3.03. The normalized spacial score (nSPS) is 50.7. The maximum atomic E-state index is 13.2. The summed E-state index contributed by atoms with van der Waals surface area (Å²) in [7, 11) is 0. The van der Waals surface area contributed by atoms with Crippen molar-refractivity contribution in [2.24, 2.45) is 23.7 Å². The number of benzene rings is 1. The van der Waals surface area contributed by atoms with E-state index in [0.717, 1.165) is 17.4 Å². The first kappa shape index (κ1) is 16.9. The first-order valence-electron chi connectivity index (χ1n) is 10.5. The van der Waals surface area contributed by atoms with Crippen molar-refractivity contribution in [2.75, 3.05) is 0 Å². The van der Waals surface area contributed by atoms with E-state index in [1.165, 1.54) is 44.2 Å². The topological polar surface area (TPSA) is 47.9 Å². The quantitative estimate of drug-likeness (QED) is 0.740. The molecule has 7 rings (SSSR count). The Morgan fingerprint density at radius 2 is 1.41 bits per heavy atom. The molecule has 1 aliphatic heterocycles. The summed E-state index contributed by atoms with van der Waals surface area (Å²) in [6, 6.07) is 6.18. The summed E-state index contributed by atoms with van der Waals surface area (Å²) in [6.07, 6.45) is 8.43. The van der Waals surface area contributed by atoms with E-state index >= 15 is 0 Å². The summed E-state index contributed by atoms with van der Waals surface area (Å²) in [5.74, 6) is 1.01. The van der Waals surface area contributed by atoms with Crippen LogP contribution in [0.4, 0.5) is 4.39 Å². The number of hydrogen-bond donors (Lipinski definition) is 1. The van der Waals surface area contributed by atoms with Crippen LogP contribution in [0.3, 0.4) is 0 Å². The molecule has 1 saturated heterocycles. The van der Waals surface area contributed by atoms with Gasteiger partial charge in [-0.25, -0.2) is 4.39 Å². The molecule has 1 heterocycles. The van der Waals surface area contributed by atoms with Crippen LogP contribution in [0.2, 0.25) is 0 Å². The van der Waals surface area contributed by atoms with Crippen LogP contribution in [-0.4, -0.2) is 16.7 Å². The Labute approximate surface area is 158 Å². The van der Waals surface area contributed by atoms with Crippen LogP contribution in [0.25, 0.3) is 0 Å². The standard InChI is InChI=1S/C22H27FO4/c23-19-3-1-16(2-4-19)20(24)5-7-21(8-6-20)25-22(27-26-21)17-10-14-9-15(12-17)13-18(22)11-14/h1-4,14-15,17-18,24H,5-13H2. The lowest BCUT2D eigenvalue weighted by atomic mass is 9.53. The van der Waals surface area contributed by atoms with Crippen LogP contribution < -0.4 is 0 Å². The van der Waals surface area contributed by atoms with Gasteiger partial charge in [-0.2, -0.15) is 9.78 Å². The smallest absolute Gasteiger partial charge is 0.210 e. The van der Waals surface area contributed by atoms with Gasteiger partial charge in [-0.15, -0.1) is 0 Å². The van der Waals surface area contributed by atoms with Crippen molar-refractivity contribution in [1.82, 2.24) is 0 Å². The molecule has 6 aliphatic rings. The van der Waals surface area contributed by atoms with Crippen molar-refractivity contribution in [3.63, 3.8) is 0 Å². The van der Waals surface area contributed by atoms with Gasteiger partial charge >= 0.3 is 0 Å². The number of rotatable bonds is 1. The van der Waals surface area contributed by atoms with Crippen molar-refractivity contribution < 1.29 is 24.0 Å². The Hall–Kier alpha value is -1.01. The van der Waals surface area contributed by atoms with E-state index in [4.69, 9.17) is 14.5 Å². The van der Waals surface area contributed by atoms with Gasteiger partial charge in [0.25, 0.3) is 0 Å². The van der Waals surface area contributed by atoms with Crippen molar-refractivity contribution in [1.29, 1.82) is 0 Å². The van der Waals surface area contributed by atoms with Crippen LogP contribution in [0.1, 0.15) is 63.4 Å². The molecule has 5 aliphatic carbocycles. The molecule has 1 aromatic carbocycles. The van der Waals surface area contributed by atoms with Gasteiger partial charge in [0.1, 0.15) is 5.82 Å². The lowest BCUT2D eigenvalue weighted by Gasteiger charge is -2.57. The Balaban J connectivity index is 1.21. The Bertz CT molecular complexity index is 709. The molecule has 0 unspecified atom stereocenters.